The molecule has 3 rings (SSSR count). The molecule has 1 aromatic heterocycles. The van der Waals surface area contributed by atoms with Crippen molar-refractivity contribution in [2.24, 2.45) is 5.73 Å². The summed E-state index contributed by atoms with van der Waals surface area (Å²) < 4.78 is 13.2. The van der Waals surface area contributed by atoms with Crippen LogP contribution in [0, 0.1) is 5.82 Å². The van der Waals surface area contributed by atoms with Crippen molar-refractivity contribution in [1.82, 2.24) is 4.98 Å². The quantitative estimate of drug-likeness (QED) is 0.683. The number of aromatic nitrogens is 1. The van der Waals surface area contributed by atoms with Crippen molar-refractivity contribution in [3.8, 4) is 0 Å². The molecule has 27 heavy (non-hydrogen) atoms. The first-order valence-corrected chi connectivity index (χ1v) is 8.42. The van der Waals surface area contributed by atoms with E-state index in [2.05, 4.69) is 4.98 Å². The van der Waals surface area contributed by atoms with E-state index in [0.717, 1.165) is 16.5 Å². The molecule has 0 aliphatic heterocycles. The Kier molecular flexibility index (Phi) is 5.56. The number of amides is 2. The fourth-order valence-electron chi connectivity index (χ4n) is 2.72. The molecule has 6 heteroatoms. The second kappa shape index (κ2) is 8.23. The van der Waals surface area contributed by atoms with Crippen LogP contribution in [0.25, 0.3) is 17.0 Å². The van der Waals surface area contributed by atoms with Crippen molar-refractivity contribution in [2.75, 3.05) is 11.4 Å². The van der Waals surface area contributed by atoms with Crippen LogP contribution in [0.3, 0.4) is 0 Å². The minimum Gasteiger partial charge on any atom is -0.370 e. The number of halogens is 1. The molecule has 1 heterocycles. The molecular formula is C21H18FN3O2. The number of primary amides is 1. The summed E-state index contributed by atoms with van der Waals surface area (Å²) in [5, 5.41) is 0.969. The first-order valence-electron chi connectivity index (χ1n) is 8.42. The number of fused-ring (bicyclic) bond motifs is 1. The van der Waals surface area contributed by atoms with Crippen molar-refractivity contribution < 1.29 is 14.0 Å². The van der Waals surface area contributed by atoms with Crippen LogP contribution in [0.1, 0.15) is 12.0 Å². The van der Waals surface area contributed by atoms with E-state index in [-0.39, 0.29) is 18.9 Å². The number of pyridine rings is 1. The third kappa shape index (κ3) is 4.55. The molecule has 5 nitrogen and oxygen atoms in total. The second-order valence-corrected chi connectivity index (χ2v) is 5.94. The van der Waals surface area contributed by atoms with E-state index < -0.39 is 11.7 Å². The van der Waals surface area contributed by atoms with Crippen molar-refractivity contribution in [3.63, 3.8) is 0 Å². The Balaban J connectivity index is 1.87. The van der Waals surface area contributed by atoms with Crippen LogP contribution in [0.5, 0.6) is 0 Å². The van der Waals surface area contributed by atoms with Crippen LogP contribution in [-0.4, -0.2) is 23.3 Å². The Morgan fingerprint density at radius 1 is 1.07 bits per heavy atom. The van der Waals surface area contributed by atoms with Crippen molar-refractivity contribution in [2.45, 2.75) is 6.42 Å². The molecule has 0 radical (unpaired) electrons. The van der Waals surface area contributed by atoms with Gasteiger partial charge in [-0.25, -0.2) is 4.39 Å². The monoisotopic (exact) mass is 363 g/mol. The number of benzene rings is 2. The van der Waals surface area contributed by atoms with Crippen molar-refractivity contribution in [1.29, 1.82) is 0 Å². The normalized spacial score (nSPS) is 11.0. The van der Waals surface area contributed by atoms with Crippen LogP contribution >= 0.6 is 0 Å². The molecule has 0 unspecified atom stereocenters. The summed E-state index contributed by atoms with van der Waals surface area (Å²) in [5.41, 5.74) is 7.28. The van der Waals surface area contributed by atoms with Gasteiger partial charge in [-0.3, -0.25) is 14.6 Å². The Morgan fingerprint density at radius 3 is 2.56 bits per heavy atom. The maximum Gasteiger partial charge on any atom is 0.251 e. The third-order valence-corrected chi connectivity index (χ3v) is 4.06. The molecule has 0 fully saturated rings. The minimum absolute atomic E-state index is 0.00673. The first-order chi connectivity index (χ1) is 13.0. The lowest BCUT2D eigenvalue weighted by atomic mass is 10.1. The molecule has 136 valence electrons. The first kappa shape index (κ1) is 18.3. The molecule has 0 aliphatic carbocycles. The van der Waals surface area contributed by atoms with Crippen LogP contribution in [-0.2, 0) is 9.59 Å². The van der Waals surface area contributed by atoms with E-state index in [4.69, 9.17) is 5.73 Å². The van der Waals surface area contributed by atoms with Gasteiger partial charge in [0.05, 0.1) is 5.52 Å². The summed E-state index contributed by atoms with van der Waals surface area (Å²) >= 11 is 0. The number of hydrogen-bond donors (Lipinski definition) is 1. The van der Waals surface area contributed by atoms with Gasteiger partial charge in [0.1, 0.15) is 5.82 Å². The van der Waals surface area contributed by atoms with Crippen molar-refractivity contribution in [3.05, 3.63) is 78.3 Å². The van der Waals surface area contributed by atoms with Crippen molar-refractivity contribution >= 4 is 34.5 Å². The molecule has 2 amide bonds. The number of anilines is 1. The van der Waals surface area contributed by atoms with Gasteiger partial charge in [0.15, 0.2) is 0 Å². The molecule has 0 bridgehead atoms. The summed E-state index contributed by atoms with van der Waals surface area (Å²) in [4.78, 5) is 29.6. The summed E-state index contributed by atoms with van der Waals surface area (Å²) in [7, 11) is 0. The smallest absolute Gasteiger partial charge is 0.251 e. The number of rotatable bonds is 6. The van der Waals surface area contributed by atoms with Gasteiger partial charge < -0.3 is 10.6 Å². The zero-order chi connectivity index (χ0) is 19.2. The van der Waals surface area contributed by atoms with Gasteiger partial charge in [-0.15, -0.1) is 0 Å². The van der Waals surface area contributed by atoms with Crippen LogP contribution in [0.4, 0.5) is 10.1 Å². The number of nitrogens with two attached hydrogens (primary N) is 1. The Hall–Kier alpha value is -3.54. The molecule has 0 saturated carbocycles. The topological polar surface area (TPSA) is 76.3 Å². The molecule has 0 saturated heterocycles. The van der Waals surface area contributed by atoms with E-state index >= 15 is 0 Å². The van der Waals surface area contributed by atoms with Gasteiger partial charge in [-0.2, -0.15) is 0 Å². The molecule has 2 aromatic carbocycles. The summed E-state index contributed by atoms with van der Waals surface area (Å²) in [6, 6.07) is 15.0. The van der Waals surface area contributed by atoms with E-state index in [9.17, 15) is 14.0 Å². The second-order valence-electron chi connectivity index (χ2n) is 5.94. The van der Waals surface area contributed by atoms with Gasteiger partial charge in [0.25, 0.3) is 5.91 Å². The summed E-state index contributed by atoms with van der Waals surface area (Å²) in [6.07, 6.45) is 4.79. The lowest BCUT2D eigenvalue weighted by molar-refractivity contribution is -0.118. The van der Waals surface area contributed by atoms with Gasteiger partial charge in [-0.1, -0.05) is 24.3 Å². The van der Waals surface area contributed by atoms with Crippen LogP contribution in [0.15, 0.2) is 66.9 Å². The average Bonchev–Trinajstić information content (AvgIpc) is 2.67. The molecule has 2 N–H and O–H groups in total. The standard InChI is InChI=1S/C21H18FN3O2/c22-17-7-9-18(10-8-17)25(14-12-19(23)26)20(27)11-6-16-4-1-3-15-5-2-13-24-21(15)16/h1-11,13H,12,14H2,(H2,23,26)/b11-6+. The zero-order valence-corrected chi connectivity index (χ0v) is 14.5. The van der Waals surface area contributed by atoms with Gasteiger partial charge >= 0.3 is 0 Å². The van der Waals surface area contributed by atoms with Gasteiger partial charge in [0, 0.05) is 41.9 Å². The fraction of sp³-hybridized carbons (Fsp3) is 0.0952. The Bertz CT molecular complexity index is 994. The number of carbonyl (C=O) groups excluding carboxylic acids is 2. The highest BCUT2D eigenvalue weighted by Gasteiger charge is 2.14. The van der Waals surface area contributed by atoms with E-state index in [1.165, 1.54) is 35.2 Å². The fourth-order valence-corrected chi connectivity index (χ4v) is 2.72. The van der Waals surface area contributed by atoms with E-state index in [1.54, 1.807) is 12.3 Å². The molecule has 0 aliphatic rings. The highest BCUT2D eigenvalue weighted by atomic mass is 19.1. The number of hydrogen-bond acceptors (Lipinski definition) is 3. The zero-order valence-electron chi connectivity index (χ0n) is 14.5. The highest BCUT2D eigenvalue weighted by Crippen LogP contribution is 2.19. The Morgan fingerprint density at radius 2 is 1.81 bits per heavy atom. The highest BCUT2D eigenvalue weighted by molar-refractivity contribution is 6.05. The van der Waals surface area contributed by atoms with Gasteiger partial charge in [-0.05, 0) is 36.4 Å². The van der Waals surface area contributed by atoms with Gasteiger partial charge in [0.2, 0.25) is 5.91 Å². The molecular weight excluding hydrogens is 345 g/mol. The molecule has 0 atom stereocenters. The molecule has 0 spiro atoms. The van der Waals surface area contributed by atoms with Crippen LogP contribution < -0.4 is 10.6 Å². The predicted octanol–water partition coefficient (Wildman–Crippen LogP) is 3.30. The minimum atomic E-state index is -0.517. The summed E-state index contributed by atoms with van der Waals surface area (Å²) in [6.45, 7) is 0.109. The van der Waals surface area contributed by atoms with Crippen LogP contribution in [0.2, 0.25) is 0 Å². The SMILES string of the molecule is NC(=O)CCN(C(=O)/C=C/c1cccc2cccnc12)c1ccc(F)cc1. The molecule has 3 aromatic rings. The Labute approximate surface area is 155 Å². The lowest BCUT2D eigenvalue weighted by Gasteiger charge is -2.20. The largest absolute Gasteiger partial charge is 0.370 e. The predicted molar refractivity (Wildman–Crippen MR) is 103 cm³/mol. The van der Waals surface area contributed by atoms with E-state index in [0.29, 0.717) is 5.69 Å². The maximum atomic E-state index is 13.2. The average molecular weight is 363 g/mol. The number of para-hydroxylation sites is 1. The summed E-state index contributed by atoms with van der Waals surface area (Å²) in [5.74, 6) is -1.26. The number of nitrogens with zero attached hydrogens (tertiary/aromatic N) is 2. The van der Waals surface area contributed by atoms with E-state index in [1.807, 2.05) is 30.3 Å². The third-order valence-electron chi connectivity index (χ3n) is 4.06. The lowest BCUT2D eigenvalue weighted by Crippen LogP contribution is -2.32. The number of carbonyl (C=O) groups is 2. The maximum absolute atomic E-state index is 13.2.